The van der Waals surface area contributed by atoms with Gasteiger partial charge in [-0.05, 0) is 36.8 Å². The third-order valence-corrected chi connectivity index (χ3v) is 6.33. The van der Waals surface area contributed by atoms with Crippen molar-refractivity contribution in [1.82, 2.24) is 19.0 Å². The van der Waals surface area contributed by atoms with Gasteiger partial charge < -0.3 is 9.64 Å². The summed E-state index contributed by atoms with van der Waals surface area (Å²) in [6, 6.07) is 13.6. The maximum absolute atomic E-state index is 12.6. The van der Waals surface area contributed by atoms with Gasteiger partial charge in [0.2, 0.25) is 5.78 Å². The number of benzene rings is 1. The second kappa shape index (κ2) is 11.0. The molecule has 1 fully saturated rings. The van der Waals surface area contributed by atoms with Crippen molar-refractivity contribution in [2.45, 2.75) is 6.42 Å². The number of nitrogens with zero attached hydrogens (tertiary/aromatic N) is 6. The van der Waals surface area contributed by atoms with E-state index in [9.17, 15) is 19.6 Å². The van der Waals surface area contributed by atoms with Crippen molar-refractivity contribution in [2.75, 3.05) is 44.2 Å². The van der Waals surface area contributed by atoms with Gasteiger partial charge in [0, 0.05) is 64.6 Å². The first kappa shape index (κ1) is 24.9. The molecule has 4 rings (SSSR count). The van der Waals surface area contributed by atoms with Crippen LogP contribution in [0.1, 0.15) is 28.0 Å². The standard InChI is InChI=1S/C26H28N6O4/c1-29-23(17-24(33)30(2)26(29)35)32-13-11-31(12-14-32)10-5-15-36-22-8-7-19(16-20(22)18-27)25(34)21-6-3-4-9-28-21/h3-4,6-9,16-17H,5,10-15H2,1-2H3. The number of piperazine rings is 1. The number of rotatable bonds is 8. The number of pyridine rings is 1. The molecular formula is C26H28N6O4. The van der Waals surface area contributed by atoms with E-state index in [-0.39, 0.29) is 17.0 Å². The highest BCUT2D eigenvalue weighted by atomic mass is 16.5. The third kappa shape index (κ3) is 5.37. The van der Waals surface area contributed by atoms with Crippen molar-refractivity contribution >= 4 is 11.6 Å². The summed E-state index contributed by atoms with van der Waals surface area (Å²) in [6.07, 6.45) is 2.33. The Kier molecular flexibility index (Phi) is 7.61. The Balaban J connectivity index is 1.27. The van der Waals surface area contributed by atoms with E-state index < -0.39 is 0 Å². The van der Waals surface area contributed by atoms with Gasteiger partial charge in [-0.1, -0.05) is 6.07 Å². The molecule has 0 bridgehead atoms. The number of ketones is 1. The van der Waals surface area contributed by atoms with Crippen LogP contribution >= 0.6 is 0 Å². The lowest BCUT2D eigenvalue weighted by Crippen LogP contribution is -2.49. The van der Waals surface area contributed by atoms with Crippen molar-refractivity contribution < 1.29 is 9.53 Å². The maximum Gasteiger partial charge on any atom is 0.332 e. The molecule has 1 saturated heterocycles. The lowest BCUT2D eigenvalue weighted by atomic mass is 10.0. The number of ether oxygens (including phenoxy) is 1. The van der Waals surface area contributed by atoms with Crippen LogP contribution < -0.4 is 20.9 Å². The highest BCUT2D eigenvalue weighted by Gasteiger charge is 2.20. The third-order valence-electron chi connectivity index (χ3n) is 6.33. The monoisotopic (exact) mass is 488 g/mol. The number of carbonyl (C=O) groups is 1. The fraction of sp³-hybridized carbons (Fsp3) is 0.346. The van der Waals surface area contributed by atoms with Gasteiger partial charge in [0.05, 0.1) is 12.2 Å². The summed E-state index contributed by atoms with van der Waals surface area (Å²) in [7, 11) is 3.15. The molecule has 10 nitrogen and oxygen atoms in total. The van der Waals surface area contributed by atoms with E-state index in [2.05, 4.69) is 20.9 Å². The largest absolute Gasteiger partial charge is 0.492 e. The van der Waals surface area contributed by atoms with Crippen molar-refractivity contribution in [2.24, 2.45) is 14.1 Å². The molecular weight excluding hydrogens is 460 g/mol. The fourth-order valence-corrected chi connectivity index (χ4v) is 4.23. The molecule has 2 aromatic heterocycles. The molecule has 0 aliphatic carbocycles. The lowest BCUT2D eigenvalue weighted by molar-refractivity contribution is 0.103. The normalized spacial score (nSPS) is 13.9. The Bertz CT molecular complexity index is 1400. The summed E-state index contributed by atoms with van der Waals surface area (Å²) < 4.78 is 8.45. The second-order valence-corrected chi connectivity index (χ2v) is 8.64. The Labute approximate surface area is 208 Å². The van der Waals surface area contributed by atoms with Crippen LogP contribution in [0.5, 0.6) is 5.75 Å². The van der Waals surface area contributed by atoms with Crippen LogP contribution in [0, 0.1) is 11.3 Å². The summed E-state index contributed by atoms with van der Waals surface area (Å²) in [6.45, 7) is 4.29. The molecule has 0 unspecified atom stereocenters. The van der Waals surface area contributed by atoms with Crippen molar-refractivity contribution in [3.63, 3.8) is 0 Å². The molecule has 0 amide bonds. The SMILES string of the molecule is Cn1c(N2CCN(CCCOc3ccc(C(=O)c4ccccn4)cc3C#N)CC2)cc(=O)n(C)c1=O. The van der Waals surface area contributed by atoms with E-state index in [1.165, 1.54) is 23.7 Å². The van der Waals surface area contributed by atoms with Crippen molar-refractivity contribution in [3.05, 3.63) is 86.3 Å². The summed E-state index contributed by atoms with van der Waals surface area (Å²) in [5.74, 6) is 0.847. The van der Waals surface area contributed by atoms with E-state index in [4.69, 9.17) is 4.74 Å². The molecule has 1 aliphatic rings. The highest BCUT2D eigenvalue weighted by molar-refractivity contribution is 6.07. The highest BCUT2D eigenvalue weighted by Crippen LogP contribution is 2.21. The minimum absolute atomic E-state index is 0.242. The molecule has 1 aromatic carbocycles. The number of hydrogen-bond acceptors (Lipinski definition) is 8. The molecule has 0 saturated carbocycles. The predicted molar refractivity (Wildman–Crippen MR) is 135 cm³/mol. The second-order valence-electron chi connectivity index (χ2n) is 8.64. The Morgan fingerprint density at radius 1 is 1.06 bits per heavy atom. The van der Waals surface area contributed by atoms with Crippen molar-refractivity contribution in [1.29, 1.82) is 5.26 Å². The first-order valence-electron chi connectivity index (χ1n) is 11.8. The Hall–Kier alpha value is -4.23. The summed E-state index contributed by atoms with van der Waals surface area (Å²) >= 11 is 0. The molecule has 3 aromatic rings. The van der Waals surface area contributed by atoms with Crippen LogP contribution in [-0.2, 0) is 14.1 Å². The van der Waals surface area contributed by atoms with Gasteiger partial charge in [0.1, 0.15) is 23.3 Å². The quantitative estimate of drug-likeness (QED) is 0.343. The number of nitriles is 1. The fourth-order valence-electron chi connectivity index (χ4n) is 4.23. The molecule has 10 heteroatoms. The maximum atomic E-state index is 12.6. The van der Waals surface area contributed by atoms with E-state index >= 15 is 0 Å². The average molecular weight is 489 g/mol. The molecule has 0 atom stereocenters. The smallest absolute Gasteiger partial charge is 0.332 e. The van der Waals surface area contributed by atoms with Gasteiger partial charge in [0.15, 0.2) is 0 Å². The number of carbonyl (C=O) groups excluding carboxylic acids is 1. The van der Waals surface area contributed by atoms with Gasteiger partial charge in [-0.15, -0.1) is 0 Å². The molecule has 1 aliphatic heterocycles. The Morgan fingerprint density at radius 2 is 1.83 bits per heavy atom. The molecule has 36 heavy (non-hydrogen) atoms. The van der Waals surface area contributed by atoms with E-state index in [1.807, 2.05) is 0 Å². The Morgan fingerprint density at radius 3 is 2.53 bits per heavy atom. The van der Waals surface area contributed by atoms with Crippen LogP contribution in [0.2, 0.25) is 0 Å². The summed E-state index contributed by atoms with van der Waals surface area (Å²) in [5.41, 5.74) is 0.392. The van der Waals surface area contributed by atoms with Crippen LogP contribution in [0.3, 0.4) is 0 Å². The van der Waals surface area contributed by atoms with E-state index in [0.717, 1.165) is 30.6 Å². The minimum Gasteiger partial charge on any atom is -0.492 e. The van der Waals surface area contributed by atoms with Gasteiger partial charge in [-0.3, -0.25) is 28.6 Å². The van der Waals surface area contributed by atoms with Crippen LogP contribution in [0.25, 0.3) is 0 Å². The van der Waals surface area contributed by atoms with Crippen LogP contribution in [0.4, 0.5) is 5.82 Å². The van der Waals surface area contributed by atoms with E-state index in [0.29, 0.717) is 48.1 Å². The van der Waals surface area contributed by atoms with Crippen LogP contribution in [0.15, 0.2) is 58.3 Å². The van der Waals surface area contributed by atoms with Gasteiger partial charge in [-0.2, -0.15) is 5.26 Å². The first-order chi connectivity index (χ1) is 17.4. The molecule has 186 valence electrons. The predicted octanol–water partition coefficient (Wildman–Crippen LogP) is 1.17. The number of hydrogen-bond donors (Lipinski definition) is 0. The summed E-state index contributed by atoms with van der Waals surface area (Å²) in [4.78, 5) is 45.3. The number of aromatic nitrogens is 3. The zero-order valence-corrected chi connectivity index (χ0v) is 20.4. The minimum atomic E-state index is -0.331. The van der Waals surface area contributed by atoms with Gasteiger partial charge in [0.25, 0.3) is 5.56 Å². The zero-order valence-electron chi connectivity index (χ0n) is 20.4. The molecule has 0 radical (unpaired) electrons. The first-order valence-corrected chi connectivity index (χ1v) is 11.8. The van der Waals surface area contributed by atoms with Gasteiger partial charge in [-0.25, -0.2) is 4.79 Å². The number of anilines is 1. The summed E-state index contributed by atoms with van der Waals surface area (Å²) in [5, 5.41) is 9.53. The zero-order chi connectivity index (χ0) is 25.7. The van der Waals surface area contributed by atoms with Gasteiger partial charge >= 0.3 is 5.69 Å². The van der Waals surface area contributed by atoms with E-state index in [1.54, 1.807) is 43.6 Å². The molecule has 3 heterocycles. The molecule has 0 spiro atoms. The lowest BCUT2D eigenvalue weighted by Gasteiger charge is -2.36. The molecule has 0 N–H and O–H groups in total. The van der Waals surface area contributed by atoms with Crippen molar-refractivity contribution in [3.8, 4) is 11.8 Å². The average Bonchev–Trinajstić information content (AvgIpc) is 2.92. The van der Waals surface area contributed by atoms with Crippen LogP contribution in [-0.4, -0.2) is 64.1 Å². The topological polar surface area (TPSA) is 113 Å².